The van der Waals surface area contributed by atoms with Gasteiger partial charge in [0.2, 0.25) is 0 Å². The van der Waals surface area contributed by atoms with Gasteiger partial charge in [-0.25, -0.2) is 0 Å². The van der Waals surface area contributed by atoms with Crippen molar-refractivity contribution in [2.24, 2.45) is 11.8 Å². The lowest BCUT2D eigenvalue weighted by Crippen LogP contribution is -2.48. The zero-order valence-electron chi connectivity index (χ0n) is 9.46. The minimum Gasteiger partial charge on any atom is -0.380 e. The normalized spacial score (nSPS) is 24.2. The molecular weight excluding hydrogens is 176 g/mol. The molecule has 2 unspecified atom stereocenters. The number of methoxy groups -OCH3 is 1. The third-order valence-electron chi connectivity index (χ3n) is 3.48. The quantitative estimate of drug-likeness (QED) is 0.413. The zero-order valence-corrected chi connectivity index (χ0v) is 9.46. The molecule has 3 N–H and O–H groups in total. The van der Waals surface area contributed by atoms with E-state index in [1.807, 2.05) is 0 Å². The maximum absolute atomic E-state index is 5.60. The number of rotatable bonds is 4. The summed E-state index contributed by atoms with van der Waals surface area (Å²) in [6.45, 7) is 2.09. The molecule has 1 saturated carbocycles. The summed E-state index contributed by atoms with van der Waals surface area (Å²) >= 11 is 0. The van der Waals surface area contributed by atoms with Gasteiger partial charge in [-0.1, -0.05) is 25.7 Å². The topological polar surface area (TPSA) is 47.3 Å². The van der Waals surface area contributed by atoms with Gasteiger partial charge in [-0.05, 0) is 25.7 Å². The first-order valence-corrected chi connectivity index (χ1v) is 5.78. The summed E-state index contributed by atoms with van der Waals surface area (Å²) in [7, 11) is 1.76. The summed E-state index contributed by atoms with van der Waals surface area (Å²) in [5.74, 6) is 6.29. The number of hydrogen-bond donors (Lipinski definition) is 2. The molecule has 3 nitrogen and oxygen atoms in total. The minimum absolute atomic E-state index is 0.211. The van der Waals surface area contributed by atoms with Crippen LogP contribution in [0.1, 0.15) is 45.4 Å². The second-order valence-corrected chi connectivity index (χ2v) is 4.38. The Morgan fingerprint density at radius 1 is 1.21 bits per heavy atom. The lowest BCUT2D eigenvalue weighted by atomic mass is 9.89. The summed E-state index contributed by atoms with van der Waals surface area (Å²) in [5, 5.41) is 0. The van der Waals surface area contributed by atoms with E-state index in [-0.39, 0.29) is 6.10 Å². The van der Waals surface area contributed by atoms with Crippen LogP contribution in [0.25, 0.3) is 0 Å². The maximum Gasteiger partial charge on any atom is 0.0712 e. The Balaban J connectivity index is 2.48. The van der Waals surface area contributed by atoms with Crippen LogP contribution in [0.4, 0.5) is 0 Å². The Hall–Kier alpha value is -0.120. The van der Waals surface area contributed by atoms with Crippen molar-refractivity contribution >= 4 is 0 Å². The van der Waals surface area contributed by atoms with Crippen molar-refractivity contribution in [3.63, 3.8) is 0 Å². The molecule has 0 bridgehead atoms. The first-order valence-electron chi connectivity index (χ1n) is 5.78. The molecule has 2 atom stereocenters. The predicted octanol–water partition coefficient (Wildman–Crippen LogP) is 1.82. The van der Waals surface area contributed by atoms with E-state index in [9.17, 15) is 0 Å². The summed E-state index contributed by atoms with van der Waals surface area (Å²) in [4.78, 5) is 0. The van der Waals surface area contributed by atoms with Crippen molar-refractivity contribution in [2.45, 2.75) is 57.6 Å². The summed E-state index contributed by atoms with van der Waals surface area (Å²) < 4.78 is 5.35. The monoisotopic (exact) mass is 200 g/mol. The zero-order chi connectivity index (χ0) is 10.4. The molecule has 0 amide bonds. The first-order chi connectivity index (χ1) is 6.79. The van der Waals surface area contributed by atoms with Gasteiger partial charge in [-0.3, -0.25) is 11.3 Å². The molecule has 0 aromatic heterocycles. The molecule has 0 heterocycles. The molecule has 0 radical (unpaired) electrons. The highest BCUT2D eigenvalue weighted by atomic mass is 16.5. The predicted molar refractivity (Wildman–Crippen MR) is 58.8 cm³/mol. The van der Waals surface area contributed by atoms with Crippen LogP contribution in [0.15, 0.2) is 0 Å². The van der Waals surface area contributed by atoms with Crippen molar-refractivity contribution < 1.29 is 4.74 Å². The van der Waals surface area contributed by atoms with Crippen LogP contribution >= 0.6 is 0 Å². The second kappa shape index (κ2) is 6.38. The van der Waals surface area contributed by atoms with Crippen LogP contribution < -0.4 is 11.3 Å². The Kier molecular flexibility index (Phi) is 5.45. The summed E-state index contributed by atoms with van der Waals surface area (Å²) in [6, 6.07) is 0.318. The van der Waals surface area contributed by atoms with Gasteiger partial charge in [-0.15, -0.1) is 0 Å². The van der Waals surface area contributed by atoms with Crippen LogP contribution in [0, 0.1) is 5.92 Å². The maximum atomic E-state index is 5.60. The number of nitrogens with one attached hydrogen (secondary N) is 1. The SMILES string of the molecule is COC(C)C(NN)C1CCCCCC1. The molecule has 0 aliphatic heterocycles. The van der Waals surface area contributed by atoms with Crippen molar-refractivity contribution in [1.82, 2.24) is 5.43 Å². The molecule has 0 aromatic rings. The van der Waals surface area contributed by atoms with E-state index in [4.69, 9.17) is 10.6 Å². The molecule has 1 rings (SSSR count). The summed E-state index contributed by atoms with van der Waals surface area (Å²) in [5.41, 5.74) is 2.93. The van der Waals surface area contributed by atoms with Gasteiger partial charge in [0.15, 0.2) is 0 Å². The standard InChI is InChI=1S/C11H24N2O/c1-9(14-2)11(13-12)10-7-5-3-4-6-8-10/h9-11,13H,3-8,12H2,1-2H3. The van der Waals surface area contributed by atoms with E-state index in [2.05, 4.69) is 12.3 Å². The average Bonchev–Trinajstić information content (AvgIpc) is 2.47. The molecule has 1 aliphatic rings. The Labute approximate surface area is 87.4 Å². The number of nitrogens with two attached hydrogens (primary N) is 1. The van der Waals surface area contributed by atoms with Gasteiger partial charge in [-0.2, -0.15) is 0 Å². The highest BCUT2D eigenvalue weighted by Gasteiger charge is 2.26. The average molecular weight is 200 g/mol. The third kappa shape index (κ3) is 3.23. The molecule has 3 heteroatoms. The smallest absolute Gasteiger partial charge is 0.0712 e. The van der Waals surface area contributed by atoms with Gasteiger partial charge in [0.05, 0.1) is 6.10 Å². The third-order valence-corrected chi connectivity index (χ3v) is 3.48. The van der Waals surface area contributed by atoms with E-state index in [0.717, 1.165) is 0 Å². The lowest BCUT2D eigenvalue weighted by Gasteiger charge is -2.29. The fourth-order valence-corrected chi connectivity index (χ4v) is 2.47. The first kappa shape index (κ1) is 12.0. The Bertz CT molecular complexity index is 144. The van der Waals surface area contributed by atoms with Gasteiger partial charge in [0.1, 0.15) is 0 Å². The van der Waals surface area contributed by atoms with Crippen molar-refractivity contribution in [2.75, 3.05) is 7.11 Å². The van der Waals surface area contributed by atoms with Crippen molar-refractivity contribution in [1.29, 1.82) is 0 Å². The van der Waals surface area contributed by atoms with Crippen LogP contribution in [0.2, 0.25) is 0 Å². The molecule has 1 aliphatic carbocycles. The summed E-state index contributed by atoms with van der Waals surface area (Å²) in [6.07, 6.45) is 8.26. The number of ether oxygens (including phenoxy) is 1. The largest absolute Gasteiger partial charge is 0.380 e. The fourth-order valence-electron chi connectivity index (χ4n) is 2.47. The van der Waals surface area contributed by atoms with E-state index >= 15 is 0 Å². The van der Waals surface area contributed by atoms with Crippen molar-refractivity contribution in [3.05, 3.63) is 0 Å². The molecule has 0 aromatic carbocycles. The number of hydrazine groups is 1. The molecule has 84 valence electrons. The van der Waals surface area contributed by atoms with E-state index in [0.29, 0.717) is 12.0 Å². The van der Waals surface area contributed by atoms with Crippen LogP contribution in [-0.4, -0.2) is 19.3 Å². The van der Waals surface area contributed by atoms with Gasteiger partial charge < -0.3 is 4.74 Å². The second-order valence-electron chi connectivity index (χ2n) is 4.38. The lowest BCUT2D eigenvalue weighted by molar-refractivity contribution is 0.0575. The van der Waals surface area contributed by atoms with E-state index in [1.54, 1.807) is 7.11 Å². The molecule has 14 heavy (non-hydrogen) atoms. The molecular formula is C11H24N2O. The van der Waals surface area contributed by atoms with Crippen LogP contribution in [0.3, 0.4) is 0 Å². The molecule has 0 saturated heterocycles. The van der Waals surface area contributed by atoms with E-state index < -0.39 is 0 Å². The Morgan fingerprint density at radius 3 is 2.21 bits per heavy atom. The fraction of sp³-hybridized carbons (Fsp3) is 1.00. The number of hydrogen-bond acceptors (Lipinski definition) is 3. The molecule has 0 spiro atoms. The Morgan fingerprint density at radius 2 is 1.79 bits per heavy atom. The van der Waals surface area contributed by atoms with Crippen molar-refractivity contribution in [3.8, 4) is 0 Å². The van der Waals surface area contributed by atoms with Gasteiger partial charge in [0.25, 0.3) is 0 Å². The minimum atomic E-state index is 0.211. The van der Waals surface area contributed by atoms with Gasteiger partial charge >= 0.3 is 0 Å². The highest BCUT2D eigenvalue weighted by Crippen LogP contribution is 2.27. The van der Waals surface area contributed by atoms with Crippen LogP contribution in [0.5, 0.6) is 0 Å². The highest BCUT2D eigenvalue weighted by molar-refractivity contribution is 4.81. The van der Waals surface area contributed by atoms with Crippen LogP contribution in [-0.2, 0) is 4.74 Å². The van der Waals surface area contributed by atoms with Gasteiger partial charge in [0, 0.05) is 13.2 Å². The molecule has 1 fully saturated rings. The van der Waals surface area contributed by atoms with E-state index in [1.165, 1.54) is 38.5 Å².